The molecule has 0 spiro atoms. The average molecular weight is 234 g/mol. The van der Waals surface area contributed by atoms with E-state index in [-0.39, 0.29) is 0 Å². The molecule has 0 unspecified atom stereocenters. The number of hydrogen-bond acceptors (Lipinski definition) is 2. The van der Waals surface area contributed by atoms with E-state index in [2.05, 4.69) is 12.1 Å². The standard InChI is InChI=1S/C14H18OS/c1-11-8-14(7-6-13(11)9-15)16-10-12-4-2-3-5-12/h6-9,12H,2-5,10H2,1H3. The lowest BCUT2D eigenvalue weighted by Gasteiger charge is -2.09. The number of aldehydes is 1. The summed E-state index contributed by atoms with van der Waals surface area (Å²) in [5, 5.41) is 0. The summed E-state index contributed by atoms with van der Waals surface area (Å²) in [6.45, 7) is 2.00. The van der Waals surface area contributed by atoms with Gasteiger partial charge in [-0.25, -0.2) is 0 Å². The number of aryl methyl sites for hydroxylation is 1. The van der Waals surface area contributed by atoms with Crippen LogP contribution in [0.15, 0.2) is 23.1 Å². The lowest BCUT2D eigenvalue weighted by Crippen LogP contribution is -1.96. The van der Waals surface area contributed by atoms with Gasteiger partial charge in [0, 0.05) is 16.2 Å². The lowest BCUT2D eigenvalue weighted by molar-refractivity contribution is 0.112. The Balaban J connectivity index is 1.93. The highest BCUT2D eigenvalue weighted by Crippen LogP contribution is 2.31. The maximum atomic E-state index is 10.7. The lowest BCUT2D eigenvalue weighted by atomic mass is 10.1. The third-order valence-corrected chi connectivity index (χ3v) is 4.55. The van der Waals surface area contributed by atoms with Crippen molar-refractivity contribution in [2.24, 2.45) is 5.92 Å². The monoisotopic (exact) mass is 234 g/mol. The third-order valence-electron chi connectivity index (χ3n) is 3.33. The molecular weight excluding hydrogens is 216 g/mol. The quantitative estimate of drug-likeness (QED) is 0.576. The molecule has 0 atom stereocenters. The van der Waals surface area contributed by atoms with Crippen LogP contribution in [0.3, 0.4) is 0 Å². The zero-order valence-corrected chi connectivity index (χ0v) is 10.6. The van der Waals surface area contributed by atoms with Crippen LogP contribution in [0.1, 0.15) is 41.6 Å². The molecule has 1 aromatic carbocycles. The minimum atomic E-state index is 0.810. The van der Waals surface area contributed by atoms with E-state index in [0.29, 0.717) is 0 Å². The topological polar surface area (TPSA) is 17.1 Å². The van der Waals surface area contributed by atoms with Crippen molar-refractivity contribution in [3.63, 3.8) is 0 Å². The van der Waals surface area contributed by atoms with E-state index in [0.717, 1.165) is 23.3 Å². The summed E-state index contributed by atoms with van der Waals surface area (Å²) >= 11 is 1.94. The Labute approximate surface area is 102 Å². The predicted molar refractivity (Wildman–Crippen MR) is 69.2 cm³/mol. The number of carbonyl (C=O) groups is 1. The summed E-state index contributed by atoms with van der Waals surface area (Å²) in [5.41, 5.74) is 1.90. The molecule has 1 nitrogen and oxygen atoms in total. The van der Waals surface area contributed by atoms with Gasteiger partial charge in [0.05, 0.1) is 0 Å². The van der Waals surface area contributed by atoms with Crippen LogP contribution in [0.4, 0.5) is 0 Å². The van der Waals surface area contributed by atoms with E-state index in [9.17, 15) is 4.79 Å². The summed E-state index contributed by atoms with van der Waals surface area (Å²) in [4.78, 5) is 12.0. The van der Waals surface area contributed by atoms with Gasteiger partial charge in [-0.15, -0.1) is 11.8 Å². The van der Waals surface area contributed by atoms with E-state index < -0.39 is 0 Å². The molecule has 2 rings (SSSR count). The van der Waals surface area contributed by atoms with E-state index in [1.807, 2.05) is 24.8 Å². The molecule has 1 aliphatic rings. The smallest absolute Gasteiger partial charge is 0.150 e. The van der Waals surface area contributed by atoms with Gasteiger partial charge < -0.3 is 0 Å². The maximum absolute atomic E-state index is 10.7. The highest BCUT2D eigenvalue weighted by Gasteiger charge is 2.14. The maximum Gasteiger partial charge on any atom is 0.150 e. The number of hydrogen-bond donors (Lipinski definition) is 0. The number of rotatable bonds is 4. The van der Waals surface area contributed by atoms with Crippen LogP contribution in [-0.2, 0) is 0 Å². The highest BCUT2D eigenvalue weighted by atomic mass is 32.2. The van der Waals surface area contributed by atoms with Crippen LogP contribution in [-0.4, -0.2) is 12.0 Å². The Morgan fingerprint density at radius 2 is 2.12 bits per heavy atom. The second-order valence-corrected chi connectivity index (χ2v) is 5.69. The molecule has 1 saturated carbocycles. The SMILES string of the molecule is Cc1cc(SCC2CCCC2)ccc1C=O. The zero-order valence-electron chi connectivity index (χ0n) is 9.74. The van der Waals surface area contributed by atoms with E-state index >= 15 is 0 Å². The molecule has 1 fully saturated rings. The Morgan fingerprint density at radius 3 is 2.75 bits per heavy atom. The summed E-state index contributed by atoms with van der Waals surface area (Å²) in [5.74, 6) is 2.15. The fourth-order valence-corrected chi connectivity index (χ4v) is 3.45. The van der Waals surface area contributed by atoms with Gasteiger partial charge in [-0.1, -0.05) is 18.9 Å². The molecule has 0 amide bonds. The molecule has 86 valence electrons. The Morgan fingerprint density at radius 1 is 1.38 bits per heavy atom. The van der Waals surface area contributed by atoms with Gasteiger partial charge in [-0.3, -0.25) is 4.79 Å². The molecule has 16 heavy (non-hydrogen) atoms. The molecule has 2 heteroatoms. The second kappa shape index (κ2) is 5.53. The second-order valence-electron chi connectivity index (χ2n) is 4.60. The first-order valence-corrected chi connectivity index (χ1v) is 6.97. The van der Waals surface area contributed by atoms with Crippen LogP contribution in [0.2, 0.25) is 0 Å². The van der Waals surface area contributed by atoms with Crippen LogP contribution in [0.25, 0.3) is 0 Å². The molecule has 0 aliphatic heterocycles. The molecule has 1 aromatic rings. The van der Waals surface area contributed by atoms with Gasteiger partial charge >= 0.3 is 0 Å². The van der Waals surface area contributed by atoms with Crippen molar-refractivity contribution >= 4 is 18.0 Å². The summed E-state index contributed by atoms with van der Waals surface area (Å²) in [6.07, 6.45) is 6.56. The van der Waals surface area contributed by atoms with Crippen LogP contribution >= 0.6 is 11.8 Å². The Bertz CT molecular complexity index is 367. The summed E-state index contributed by atoms with van der Waals surface area (Å²) in [7, 11) is 0. The van der Waals surface area contributed by atoms with Crippen molar-refractivity contribution in [2.75, 3.05) is 5.75 Å². The van der Waals surface area contributed by atoms with E-state index in [1.165, 1.54) is 36.3 Å². The fourth-order valence-electron chi connectivity index (χ4n) is 2.26. The average Bonchev–Trinajstić information content (AvgIpc) is 2.79. The van der Waals surface area contributed by atoms with Gasteiger partial charge in [0.2, 0.25) is 0 Å². The number of carbonyl (C=O) groups excluding carboxylic acids is 1. The third kappa shape index (κ3) is 2.88. The van der Waals surface area contributed by atoms with Crippen molar-refractivity contribution in [3.8, 4) is 0 Å². The molecule has 0 bridgehead atoms. The van der Waals surface area contributed by atoms with Crippen molar-refractivity contribution in [1.82, 2.24) is 0 Å². The van der Waals surface area contributed by atoms with Gasteiger partial charge in [0.15, 0.2) is 0 Å². The van der Waals surface area contributed by atoms with Gasteiger partial charge in [0.1, 0.15) is 6.29 Å². The van der Waals surface area contributed by atoms with Crippen molar-refractivity contribution in [1.29, 1.82) is 0 Å². The molecule has 0 radical (unpaired) electrons. The van der Waals surface area contributed by atoms with Crippen molar-refractivity contribution < 1.29 is 4.79 Å². The first kappa shape index (κ1) is 11.7. The van der Waals surface area contributed by atoms with Gasteiger partial charge in [0.25, 0.3) is 0 Å². The minimum Gasteiger partial charge on any atom is -0.298 e. The first-order valence-electron chi connectivity index (χ1n) is 5.98. The zero-order chi connectivity index (χ0) is 11.4. The van der Waals surface area contributed by atoms with Gasteiger partial charge in [-0.2, -0.15) is 0 Å². The molecular formula is C14H18OS. The first-order chi connectivity index (χ1) is 7.79. The normalized spacial score (nSPS) is 16.6. The summed E-state index contributed by atoms with van der Waals surface area (Å²) in [6, 6.07) is 6.12. The minimum absolute atomic E-state index is 0.810. The fraction of sp³-hybridized carbons (Fsp3) is 0.500. The molecule has 0 aromatic heterocycles. The van der Waals surface area contributed by atoms with E-state index in [4.69, 9.17) is 0 Å². The highest BCUT2D eigenvalue weighted by molar-refractivity contribution is 7.99. The molecule has 1 aliphatic carbocycles. The Kier molecular flexibility index (Phi) is 4.05. The van der Waals surface area contributed by atoms with Crippen molar-refractivity contribution in [2.45, 2.75) is 37.5 Å². The molecule has 0 saturated heterocycles. The van der Waals surface area contributed by atoms with Crippen LogP contribution < -0.4 is 0 Å². The molecule has 0 N–H and O–H groups in total. The van der Waals surface area contributed by atoms with Crippen LogP contribution in [0.5, 0.6) is 0 Å². The predicted octanol–water partition coefficient (Wildman–Crippen LogP) is 4.09. The largest absolute Gasteiger partial charge is 0.298 e. The van der Waals surface area contributed by atoms with Gasteiger partial charge in [-0.05, 0) is 43.4 Å². The number of thioether (sulfide) groups is 1. The van der Waals surface area contributed by atoms with Crippen LogP contribution in [0, 0.1) is 12.8 Å². The van der Waals surface area contributed by atoms with E-state index in [1.54, 1.807) is 0 Å². The Hall–Kier alpha value is -0.760. The molecule has 0 heterocycles. The van der Waals surface area contributed by atoms with Crippen molar-refractivity contribution in [3.05, 3.63) is 29.3 Å². The number of benzene rings is 1. The summed E-state index contributed by atoms with van der Waals surface area (Å²) < 4.78 is 0.